The standard InChI is InChI=1S/C21H28N6O3S/c1-13(2)9-10-26-18(29)15-7-5-6-8-16(15)27-20(26)24-25-21(27)31-12-17(28)23-19(30)22-11-14(3)4/h5-8,13-14H,9-12H2,1-4H3,(H2,22,23,28,30). The van der Waals surface area contributed by atoms with Crippen molar-refractivity contribution in [3.05, 3.63) is 34.6 Å². The van der Waals surface area contributed by atoms with Crippen LogP contribution in [0.5, 0.6) is 0 Å². The molecule has 166 valence electrons. The van der Waals surface area contributed by atoms with E-state index < -0.39 is 11.9 Å². The smallest absolute Gasteiger partial charge is 0.321 e. The third-order valence-electron chi connectivity index (χ3n) is 4.66. The normalized spacial score (nSPS) is 11.5. The van der Waals surface area contributed by atoms with Gasteiger partial charge >= 0.3 is 6.03 Å². The Morgan fingerprint density at radius 3 is 2.55 bits per heavy atom. The summed E-state index contributed by atoms with van der Waals surface area (Å²) in [5.41, 5.74) is 0.582. The number of amides is 3. The van der Waals surface area contributed by atoms with Gasteiger partial charge in [-0.2, -0.15) is 0 Å². The number of hydrogen-bond acceptors (Lipinski definition) is 6. The van der Waals surface area contributed by atoms with Crippen molar-refractivity contribution in [1.82, 2.24) is 29.8 Å². The molecule has 0 aliphatic heterocycles. The molecule has 0 saturated heterocycles. The number of aryl methyl sites for hydroxylation is 1. The molecule has 0 spiro atoms. The number of para-hydroxylation sites is 1. The van der Waals surface area contributed by atoms with E-state index in [4.69, 9.17) is 0 Å². The van der Waals surface area contributed by atoms with Crippen LogP contribution in [0.2, 0.25) is 0 Å². The van der Waals surface area contributed by atoms with Crippen molar-refractivity contribution < 1.29 is 9.59 Å². The zero-order chi connectivity index (χ0) is 22.5. The van der Waals surface area contributed by atoms with Crippen molar-refractivity contribution >= 4 is 40.4 Å². The molecule has 9 nitrogen and oxygen atoms in total. The summed E-state index contributed by atoms with van der Waals surface area (Å²) >= 11 is 1.17. The largest absolute Gasteiger partial charge is 0.338 e. The molecular formula is C21H28N6O3S. The number of carbonyl (C=O) groups excluding carboxylic acids is 2. The van der Waals surface area contributed by atoms with Crippen LogP contribution in [0, 0.1) is 11.8 Å². The van der Waals surface area contributed by atoms with Gasteiger partial charge in [0, 0.05) is 13.1 Å². The first-order valence-corrected chi connectivity index (χ1v) is 11.3. The van der Waals surface area contributed by atoms with Crippen molar-refractivity contribution in [3.8, 4) is 0 Å². The summed E-state index contributed by atoms with van der Waals surface area (Å²) < 4.78 is 3.44. The number of benzene rings is 1. The van der Waals surface area contributed by atoms with Gasteiger partial charge in [-0.25, -0.2) is 4.79 Å². The Morgan fingerprint density at radius 2 is 1.84 bits per heavy atom. The second-order valence-electron chi connectivity index (χ2n) is 8.22. The molecule has 31 heavy (non-hydrogen) atoms. The van der Waals surface area contributed by atoms with Gasteiger partial charge in [0.25, 0.3) is 5.56 Å². The molecule has 3 amide bonds. The van der Waals surface area contributed by atoms with Gasteiger partial charge in [-0.05, 0) is 30.4 Å². The van der Waals surface area contributed by atoms with Crippen LogP contribution in [-0.4, -0.2) is 43.4 Å². The van der Waals surface area contributed by atoms with Crippen LogP contribution in [0.3, 0.4) is 0 Å². The molecule has 0 fully saturated rings. The third-order valence-corrected chi connectivity index (χ3v) is 5.59. The summed E-state index contributed by atoms with van der Waals surface area (Å²) in [6.07, 6.45) is 0.830. The Hall–Kier alpha value is -2.88. The minimum absolute atomic E-state index is 0.00462. The maximum Gasteiger partial charge on any atom is 0.321 e. The average molecular weight is 445 g/mol. The molecule has 0 aliphatic rings. The van der Waals surface area contributed by atoms with Crippen LogP contribution in [-0.2, 0) is 11.3 Å². The fourth-order valence-corrected chi connectivity index (χ4v) is 3.79. The van der Waals surface area contributed by atoms with Gasteiger partial charge in [-0.15, -0.1) is 10.2 Å². The number of nitrogens with one attached hydrogen (secondary N) is 2. The van der Waals surface area contributed by atoms with E-state index in [2.05, 4.69) is 34.7 Å². The van der Waals surface area contributed by atoms with E-state index in [0.717, 1.165) is 6.42 Å². The zero-order valence-corrected chi connectivity index (χ0v) is 19.0. The van der Waals surface area contributed by atoms with E-state index in [1.165, 1.54) is 11.8 Å². The number of urea groups is 1. The number of hydrogen-bond donors (Lipinski definition) is 2. The number of imide groups is 1. The first kappa shape index (κ1) is 22.8. The number of thioether (sulfide) groups is 1. The number of fused-ring (bicyclic) bond motifs is 3. The van der Waals surface area contributed by atoms with Gasteiger partial charge < -0.3 is 5.32 Å². The quantitative estimate of drug-likeness (QED) is 0.517. The lowest BCUT2D eigenvalue weighted by atomic mass is 10.1. The van der Waals surface area contributed by atoms with E-state index in [1.54, 1.807) is 15.0 Å². The Balaban J connectivity index is 1.86. The summed E-state index contributed by atoms with van der Waals surface area (Å²) in [5.74, 6) is 0.734. The first-order chi connectivity index (χ1) is 14.8. The SMILES string of the molecule is CC(C)CCn1c(=O)c2ccccc2n2c(SCC(=O)NC(=O)NCC(C)C)nnc12. The highest BCUT2D eigenvalue weighted by atomic mass is 32.2. The molecule has 10 heteroatoms. The van der Waals surface area contributed by atoms with Crippen molar-refractivity contribution in [2.45, 2.75) is 45.8 Å². The Kier molecular flexibility index (Phi) is 7.32. The lowest BCUT2D eigenvalue weighted by molar-refractivity contribution is -0.117. The Labute approximate surface area is 184 Å². The number of carbonyl (C=O) groups is 2. The van der Waals surface area contributed by atoms with E-state index in [0.29, 0.717) is 46.8 Å². The molecule has 0 bridgehead atoms. The fourth-order valence-electron chi connectivity index (χ4n) is 3.05. The third kappa shape index (κ3) is 5.43. The average Bonchev–Trinajstić information content (AvgIpc) is 3.14. The monoisotopic (exact) mass is 444 g/mol. The predicted octanol–water partition coefficient (Wildman–Crippen LogP) is 2.66. The molecule has 1 aromatic carbocycles. The fraction of sp³-hybridized carbons (Fsp3) is 0.476. The molecule has 3 rings (SSSR count). The van der Waals surface area contributed by atoms with E-state index >= 15 is 0 Å². The summed E-state index contributed by atoms with van der Waals surface area (Å²) in [4.78, 5) is 37.0. The van der Waals surface area contributed by atoms with Gasteiger partial charge in [0.15, 0.2) is 5.16 Å². The van der Waals surface area contributed by atoms with Crippen molar-refractivity contribution in [2.24, 2.45) is 11.8 Å². The molecule has 0 radical (unpaired) electrons. The minimum Gasteiger partial charge on any atom is -0.338 e. The highest BCUT2D eigenvalue weighted by molar-refractivity contribution is 7.99. The van der Waals surface area contributed by atoms with Crippen LogP contribution in [0.4, 0.5) is 4.79 Å². The van der Waals surface area contributed by atoms with Gasteiger partial charge in [0.2, 0.25) is 11.7 Å². The summed E-state index contributed by atoms with van der Waals surface area (Å²) in [6, 6.07) is 6.77. The molecule has 0 aliphatic carbocycles. The van der Waals surface area contributed by atoms with E-state index in [1.807, 2.05) is 32.0 Å². The number of nitrogens with zero attached hydrogens (tertiary/aromatic N) is 4. The number of aromatic nitrogens is 4. The van der Waals surface area contributed by atoms with Crippen molar-refractivity contribution in [2.75, 3.05) is 12.3 Å². The lowest BCUT2D eigenvalue weighted by Gasteiger charge is -2.12. The highest BCUT2D eigenvalue weighted by Crippen LogP contribution is 2.21. The summed E-state index contributed by atoms with van der Waals surface area (Å²) in [5, 5.41) is 14.5. The first-order valence-electron chi connectivity index (χ1n) is 10.3. The van der Waals surface area contributed by atoms with E-state index in [-0.39, 0.29) is 11.3 Å². The van der Waals surface area contributed by atoms with Crippen LogP contribution in [0.1, 0.15) is 34.1 Å². The minimum atomic E-state index is -0.515. The van der Waals surface area contributed by atoms with Crippen molar-refractivity contribution in [1.29, 1.82) is 0 Å². The molecule has 3 aromatic rings. The second kappa shape index (κ2) is 9.95. The van der Waals surface area contributed by atoms with Crippen LogP contribution in [0.25, 0.3) is 16.7 Å². The maximum absolute atomic E-state index is 13.0. The zero-order valence-electron chi connectivity index (χ0n) is 18.2. The molecule has 2 aromatic heterocycles. The molecular weight excluding hydrogens is 416 g/mol. The highest BCUT2D eigenvalue weighted by Gasteiger charge is 2.18. The van der Waals surface area contributed by atoms with Crippen molar-refractivity contribution in [3.63, 3.8) is 0 Å². The van der Waals surface area contributed by atoms with Crippen LogP contribution in [0.15, 0.2) is 34.2 Å². The molecule has 2 N–H and O–H groups in total. The maximum atomic E-state index is 13.0. The molecule has 2 heterocycles. The van der Waals surface area contributed by atoms with Gasteiger partial charge in [-0.3, -0.25) is 23.9 Å². The predicted molar refractivity (Wildman–Crippen MR) is 121 cm³/mol. The Morgan fingerprint density at radius 1 is 1.10 bits per heavy atom. The molecule has 0 saturated carbocycles. The van der Waals surface area contributed by atoms with Crippen LogP contribution >= 0.6 is 11.8 Å². The summed E-state index contributed by atoms with van der Waals surface area (Å²) in [6.45, 7) is 9.17. The summed E-state index contributed by atoms with van der Waals surface area (Å²) in [7, 11) is 0. The van der Waals surface area contributed by atoms with E-state index in [9.17, 15) is 14.4 Å². The van der Waals surface area contributed by atoms with Gasteiger partial charge in [-0.1, -0.05) is 51.6 Å². The van der Waals surface area contributed by atoms with Gasteiger partial charge in [0.1, 0.15) is 0 Å². The topological polar surface area (TPSA) is 110 Å². The second-order valence-corrected chi connectivity index (χ2v) is 9.16. The van der Waals surface area contributed by atoms with Gasteiger partial charge in [0.05, 0.1) is 16.7 Å². The lowest BCUT2D eigenvalue weighted by Crippen LogP contribution is -2.41. The Bertz CT molecular complexity index is 1150. The number of rotatable bonds is 8. The molecule has 0 unspecified atom stereocenters. The van der Waals surface area contributed by atoms with Crippen LogP contribution < -0.4 is 16.2 Å². The molecule has 0 atom stereocenters.